The maximum Gasteiger partial charge on any atom is 0.326 e. The van der Waals surface area contributed by atoms with Gasteiger partial charge in [0.2, 0.25) is 0 Å². The summed E-state index contributed by atoms with van der Waals surface area (Å²) in [6.45, 7) is 3.22. The van der Waals surface area contributed by atoms with Crippen molar-refractivity contribution >= 4 is 40.3 Å². The van der Waals surface area contributed by atoms with Gasteiger partial charge in [-0.3, -0.25) is 19.3 Å². The number of hydrogen-bond acceptors (Lipinski definition) is 5. The third-order valence-corrected chi connectivity index (χ3v) is 6.82. The second-order valence-corrected chi connectivity index (χ2v) is 8.74. The van der Waals surface area contributed by atoms with Crippen molar-refractivity contribution in [1.82, 2.24) is 10.2 Å². The Morgan fingerprint density at radius 1 is 1.15 bits per heavy atom. The number of imide groups is 1. The summed E-state index contributed by atoms with van der Waals surface area (Å²) in [5, 5.41) is 4.74. The van der Waals surface area contributed by atoms with Crippen molar-refractivity contribution in [2.75, 3.05) is 24.6 Å². The van der Waals surface area contributed by atoms with Crippen molar-refractivity contribution in [2.24, 2.45) is 5.92 Å². The van der Waals surface area contributed by atoms with Crippen LogP contribution in [0, 0.1) is 5.92 Å². The Morgan fingerprint density at radius 3 is 2.67 bits per heavy atom. The quantitative estimate of drug-likeness (QED) is 0.537. The number of urea groups is 1. The molecule has 174 valence electrons. The number of fused-ring (bicyclic) bond motifs is 1. The van der Waals surface area contributed by atoms with Crippen LogP contribution in [0.25, 0.3) is 10.8 Å². The van der Waals surface area contributed by atoms with Gasteiger partial charge in [-0.25, -0.2) is 4.79 Å². The summed E-state index contributed by atoms with van der Waals surface area (Å²) >= 11 is 0. The molecule has 2 aliphatic rings. The van der Waals surface area contributed by atoms with Gasteiger partial charge in [0.15, 0.2) is 6.61 Å². The van der Waals surface area contributed by atoms with E-state index in [9.17, 15) is 19.2 Å². The predicted octanol–water partition coefficient (Wildman–Crippen LogP) is 3.24. The first-order valence-corrected chi connectivity index (χ1v) is 11.4. The highest BCUT2D eigenvalue weighted by Crippen LogP contribution is 2.38. The highest BCUT2D eigenvalue weighted by molar-refractivity contribution is 6.09. The standard InChI is InChI=1S/C25H29N3O5/c1-3-27(20-13-8-11-18-10-4-5-12-19(18)20)21(29)16-33-22(30)15-28-23(31)25(26-24(28)32)14-7-6-9-17(25)2/h4-5,8,10-13,17H,3,6-7,9,14-16H2,1-2H3,(H,26,32). The molecule has 33 heavy (non-hydrogen) atoms. The molecule has 2 aromatic carbocycles. The van der Waals surface area contributed by atoms with E-state index < -0.39 is 30.7 Å². The van der Waals surface area contributed by atoms with Crippen LogP contribution in [0.2, 0.25) is 0 Å². The summed E-state index contributed by atoms with van der Waals surface area (Å²) in [7, 11) is 0. The molecule has 2 atom stereocenters. The summed E-state index contributed by atoms with van der Waals surface area (Å²) in [6, 6.07) is 12.9. The number of anilines is 1. The molecule has 8 heteroatoms. The van der Waals surface area contributed by atoms with Crippen molar-refractivity contribution < 1.29 is 23.9 Å². The van der Waals surface area contributed by atoms with Crippen molar-refractivity contribution in [3.63, 3.8) is 0 Å². The van der Waals surface area contributed by atoms with E-state index >= 15 is 0 Å². The van der Waals surface area contributed by atoms with Crippen molar-refractivity contribution in [3.05, 3.63) is 42.5 Å². The lowest BCUT2D eigenvalue weighted by Crippen LogP contribution is -2.54. The third-order valence-electron chi connectivity index (χ3n) is 6.82. The lowest BCUT2D eigenvalue weighted by atomic mass is 9.73. The normalized spacial score (nSPS) is 22.5. The molecule has 0 radical (unpaired) electrons. The van der Waals surface area contributed by atoms with E-state index in [4.69, 9.17) is 4.74 Å². The van der Waals surface area contributed by atoms with E-state index in [1.54, 1.807) is 4.90 Å². The Kier molecular flexibility index (Phi) is 6.35. The van der Waals surface area contributed by atoms with Gasteiger partial charge in [-0.1, -0.05) is 56.2 Å². The number of carbonyl (C=O) groups is 4. The van der Waals surface area contributed by atoms with Crippen LogP contribution in [-0.2, 0) is 19.1 Å². The average Bonchev–Trinajstić information content (AvgIpc) is 3.05. The highest BCUT2D eigenvalue weighted by atomic mass is 16.5. The number of nitrogens with zero attached hydrogens (tertiary/aromatic N) is 2. The first-order chi connectivity index (χ1) is 15.9. The molecule has 1 aliphatic heterocycles. The molecule has 0 bridgehead atoms. The maximum atomic E-state index is 13.0. The molecule has 1 saturated heterocycles. The Morgan fingerprint density at radius 2 is 1.91 bits per heavy atom. The van der Waals surface area contributed by atoms with Crippen LogP contribution in [0.5, 0.6) is 0 Å². The molecule has 4 amide bonds. The number of amides is 4. The zero-order chi connectivity index (χ0) is 23.6. The van der Waals surface area contributed by atoms with Crippen LogP contribution >= 0.6 is 0 Å². The van der Waals surface area contributed by atoms with E-state index in [0.29, 0.717) is 13.0 Å². The monoisotopic (exact) mass is 451 g/mol. The van der Waals surface area contributed by atoms with Gasteiger partial charge in [0.05, 0.1) is 5.69 Å². The number of hydrogen-bond donors (Lipinski definition) is 1. The molecule has 1 N–H and O–H groups in total. The number of rotatable bonds is 6. The minimum atomic E-state index is -0.932. The van der Waals surface area contributed by atoms with Gasteiger partial charge in [-0.15, -0.1) is 0 Å². The second kappa shape index (κ2) is 9.21. The van der Waals surface area contributed by atoms with Crippen LogP contribution in [-0.4, -0.2) is 54.0 Å². The molecule has 1 heterocycles. The van der Waals surface area contributed by atoms with Gasteiger partial charge in [0.25, 0.3) is 11.8 Å². The van der Waals surface area contributed by atoms with Crippen LogP contribution < -0.4 is 10.2 Å². The first kappa shape index (κ1) is 22.8. The number of nitrogens with one attached hydrogen (secondary N) is 1. The van der Waals surface area contributed by atoms with Crippen molar-refractivity contribution in [2.45, 2.75) is 45.1 Å². The topological polar surface area (TPSA) is 96.0 Å². The Hall–Kier alpha value is -3.42. The summed E-state index contributed by atoms with van der Waals surface area (Å²) in [5.74, 6) is -1.55. The SMILES string of the molecule is CCN(C(=O)COC(=O)CN1C(=O)NC2(CCCCC2C)C1=O)c1cccc2ccccc12. The summed E-state index contributed by atoms with van der Waals surface area (Å²) in [6.07, 6.45) is 3.28. The zero-order valence-corrected chi connectivity index (χ0v) is 19.0. The van der Waals surface area contributed by atoms with Crippen LogP contribution in [0.4, 0.5) is 10.5 Å². The fraction of sp³-hybridized carbons (Fsp3) is 0.440. The second-order valence-electron chi connectivity index (χ2n) is 8.74. The van der Waals surface area contributed by atoms with Crippen LogP contribution in [0.15, 0.2) is 42.5 Å². The van der Waals surface area contributed by atoms with Crippen LogP contribution in [0.3, 0.4) is 0 Å². The van der Waals surface area contributed by atoms with Gasteiger partial charge in [0, 0.05) is 11.9 Å². The molecule has 1 saturated carbocycles. The molecule has 1 aliphatic carbocycles. The van der Waals surface area contributed by atoms with E-state index in [2.05, 4.69) is 5.32 Å². The fourth-order valence-electron chi connectivity index (χ4n) is 4.96. The Bertz CT molecular complexity index is 1100. The number of benzene rings is 2. The van der Waals surface area contributed by atoms with Gasteiger partial charge >= 0.3 is 12.0 Å². The molecule has 8 nitrogen and oxygen atoms in total. The fourth-order valence-corrected chi connectivity index (χ4v) is 4.96. The van der Waals surface area contributed by atoms with Gasteiger partial charge in [-0.2, -0.15) is 0 Å². The Balaban J connectivity index is 1.39. The van der Waals surface area contributed by atoms with Gasteiger partial charge in [-0.05, 0) is 37.1 Å². The molecule has 1 spiro atoms. The smallest absolute Gasteiger partial charge is 0.326 e. The third kappa shape index (κ3) is 4.17. The summed E-state index contributed by atoms with van der Waals surface area (Å²) in [4.78, 5) is 53.2. The molecular formula is C25H29N3O5. The number of likely N-dealkylation sites (N-methyl/N-ethyl adjacent to an activating group) is 1. The van der Waals surface area contributed by atoms with Gasteiger partial charge < -0.3 is 15.0 Å². The van der Waals surface area contributed by atoms with Crippen LogP contribution in [0.1, 0.15) is 39.5 Å². The summed E-state index contributed by atoms with van der Waals surface area (Å²) in [5.41, 5.74) is -0.197. The first-order valence-electron chi connectivity index (χ1n) is 11.4. The van der Waals surface area contributed by atoms with Gasteiger partial charge in [0.1, 0.15) is 12.1 Å². The minimum Gasteiger partial charge on any atom is -0.454 e. The molecular weight excluding hydrogens is 422 g/mol. The van der Waals surface area contributed by atoms with E-state index in [-0.39, 0.29) is 17.7 Å². The number of carbonyl (C=O) groups excluding carboxylic acids is 4. The van der Waals surface area contributed by atoms with E-state index in [1.807, 2.05) is 56.3 Å². The molecule has 2 fully saturated rings. The molecule has 2 unspecified atom stereocenters. The van der Waals surface area contributed by atoms with E-state index in [0.717, 1.165) is 40.6 Å². The lowest BCUT2D eigenvalue weighted by Gasteiger charge is -2.36. The average molecular weight is 452 g/mol. The predicted molar refractivity (Wildman–Crippen MR) is 124 cm³/mol. The lowest BCUT2D eigenvalue weighted by molar-refractivity contribution is -0.151. The maximum absolute atomic E-state index is 13.0. The summed E-state index contributed by atoms with van der Waals surface area (Å²) < 4.78 is 5.18. The Labute approximate surface area is 192 Å². The molecule has 4 rings (SSSR count). The zero-order valence-electron chi connectivity index (χ0n) is 19.0. The molecule has 0 aromatic heterocycles. The highest BCUT2D eigenvalue weighted by Gasteiger charge is 2.55. The van der Waals surface area contributed by atoms with Crippen molar-refractivity contribution in [3.8, 4) is 0 Å². The number of ether oxygens (including phenoxy) is 1. The number of esters is 1. The van der Waals surface area contributed by atoms with Crippen molar-refractivity contribution in [1.29, 1.82) is 0 Å². The minimum absolute atomic E-state index is 0.00380. The largest absolute Gasteiger partial charge is 0.454 e. The van der Waals surface area contributed by atoms with E-state index in [1.165, 1.54) is 0 Å². The molecule has 2 aromatic rings.